The highest BCUT2D eigenvalue weighted by molar-refractivity contribution is 6.01. The average Bonchev–Trinajstić information content (AvgIpc) is 2.84. The molecule has 4 nitrogen and oxygen atoms in total. The van der Waals surface area contributed by atoms with Gasteiger partial charge in [-0.1, -0.05) is 54.1 Å². The summed E-state index contributed by atoms with van der Waals surface area (Å²) in [6.45, 7) is 1.57. The Hall–Kier alpha value is -3.54. The van der Waals surface area contributed by atoms with E-state index < -0.39 is 35.1 Å². The molecule has 0 aliphatic carbocycles. The van der Waals surface area contributed by atoms with E-state index in [0.29, 0.717) is 11.3 Å². The summed E-state index contributed by atoms with van der Waals surface area (Å²) in [7, 11) is 0. The second kappa shape index (κ2) is 7.47. The molecule has 1 aliphatic rings. The molecule has 1 N–H and O–H groups in total. The number of halogens is 2. The van der Waals surface area contributed by atoms with Crippen LogP contribution in [0.3, 0.4) is 0 Å². The van der Waals surface area contributed by atoms with Crippen LogP contribution in [0.4, 0.5) is 14.5 Å². The molecule has 0 saturated heterocycles. The Labute approximate surface area is 166 Å². The van der Waals surface area contributed by atoms with Gasteiger partial charge in [0.25, 0.3) is 5.91 Å². The van der Waals surface area contributed by atoms with Crippen molar-refractivity contribution in [3.8, 4) is 0 Å². The maximum Gasteiger partial charge on any atom is 0.261 e. The third-order valence-corrected chi connectivity index (χ3v) is 4.95. The molecule has 0 aromatic heterocycles. The molecular weight excluding hydrogens is 374 g/mol. The number of nitrogens with one attached hydrogen (secondary N) is 1. The fraction of sp³-hybridized carbons (Fsp3) is 0.130. The van der Waals surface area contributed by atoms with E-state index in [1.165, 1.54) is 11.0 Å². The Morgan fingerprint density at radius 2 is 1.69 bits per heavy atom. The minimum absolute atomic E-state index is 0.333. The fourth-order valence-electron chi connectivity index (χ4n) is 3.66. The maximum absolute atomic E-state index is 14.4. The van der Waals surface area contributed by atoms with E-state index in [1.54, 1.807) is 6.07 Å². The Morgan fingerprint density at radius 3 is 2.38 bits per heavy atom. The number of nitrogens with zero attached hydrogens (tertiary/aromatic N) is 1. The quantitative estimate of drug-likeness (QED) is 0.700. The maximum atomic E-state index is 14.4. The topological polar surface area (TPSA) is 49.4 Å². The molecule has 0 spiro atoms. The number of fused-ring (bicyclic) bond motifs is 1. The van der Waals surface area contributed by atoms with Crippen molar-refractivity contribution in [2.24, 2.45) is 0 Å². The number of carbonyl (C=O) groups excluding carboxylic acids is 2. The minimum Gasteiger partial charge on any atom is -0.324 e. The van der Waals surface area contributed by atoms with Crippen LogP contribution in [-0.4, -0.2) is 23.3 Å². The highest BCUT2D eigenvalue weighted by atomic mass is 19.1. The van der Waals surface area contributed by atoms with Crippen LogP contribution in [0, 0.1) is 18.6 Å². The first-order chi connectivity index (χ1) is 14.0. The molecule has 29 heavy (non-hydrogen) atoms. The monoisotopic (exact) mass is 392 g/mol. The second-order valence-corrected chi connectivity index (χ2v) is 6.98. The van der Waals surface area contributed by atoms with Crippen molar-refractivity contribution in [1.82, 2.24) is 4.90 Å². The van der Waals surface area contributed by atoms with Gasteiger partial charge in [0.15, 0.2) is 0 Å². The van der Waals surface area contributed by atoms with Crippen molar-refractivity contribution < 1.29 is 18.4 Å². The van der Waals surface area contributed by atoms with Gasteiger partial charge >= 0.3 is 0 Å². The number of benzene rings is 3. The molecular formula is C23H18F2N2O2. The number of carbonyl (C=O) groups is 2. The minimum atomic E-state index is -0.962. The standard InChI is InChI=1S/C23H18F2N2O2/c1-14-10-11-19-16(12-14)22(15-6-3-2-4-7-15)27(13-20(28)26-19)23(29)21-17(24)8-5-9-18(21)25/h2-12,22H,13H2,1H3,(H,26,28)/t22-/m0/s1. The van der Waals surface area contributed by atoms with Crippen molar-refractivity contribution in [2.45, 2.75) is 13.0 Å². The van der Waals surface area contributed by atoms with E-state index in [-0.39, 0.29) is 6.54 Å². The molecule has 0 saturated carbocycles. The van der Waals surface area contributed by atoms with E-state index in [0.717, 1.165) is 23.3 Å². The highest BCUT2D eigenvalue weighted by Gasteiger charge is 2.35. The first kappa shape index (κ1) is 18.8. The Kier molecular flexibility index (Phi) is 4.84. The van der Waals surface area contributed by atoms with Crippen LogP contribution < -0.4 is 5.32 Å². The molecule has 0 bridgehead atoms. The first-order valence-electron chi connectivity index (χ1n) is 9.16. The van der Waals surface area contributed by atoms with E-state index in [1.807, 2.05) is 49.4 Å². The molecule has 1 heterocycles. The Morgan fingerprint density at radius 1 is 1.00 bits per heavy atom. The number of aryl methyl sites for hydroxylation is 1. The summed E-state index contributed by atoms with van der Waals surface area (Å²) >= 11 is 0. The van der Waals surface area contributed by atoms with Crippen LogP contribution in [0.25, 0.3) is 0 Å². The largest absolute Gasteiger partial charge is 0.324 e. The lowest BCUT2D eigenvalue weighted by molar-refractivity contribution is -0.117. The van der Waals surface area contributed by atoms with Gasteiger partial charge in [-0.25, -0.2) is 8.78 Å². The summed E-state index contributed by atoms with van der Waals surface area (Å²) < 4.78 is 28.7. The summed E-state index contributed by atoms with van der Waals surface area (Å²) in [6, 6.07) is 17.2. The van der Waals surface area contributed by atoms with E-state index in [2.05, 4.69) is 5.32 Å². The smallest absolute Gasteiger partial charge is 0.261 e. The Bertz CT molecular complexity index is 1080. The SMILES string of the molecule is Cc1ccc2c(c1)[C@H](c1ccccc1)N(C(=O)c1c(F)cccc1F)CC(=O)N2. The number of rotatable bonds is 2. The highest BCUT2D eigenvalue weighted by Crippen LogP contribution is 2.37. The Balaban J connectivity index is 1.93. The number of anilines is 1. The summed E-state index contributed by atoms with van der Waals surface area (Å²) in [6.07, 6.45) is 0. The molecule has 3 aromatic carbocycles. The molecule has 6 heteroatoms. The van der Waals surface area contributed by atoms with Gasteiger partial charge in [-0.15, -0.1) is 0 Å². The predicted octanol–water partition coefficient (Wildman–Crippen LogP) is 4.46. The van der Waals surface area contributed by atoms with Gasteiger partial charge in [-0.2, -0.15) is 0 Å². The third-order valence-electron chi connectivity index (χ3n) is 4.95. The van der Waals surface area contributed by atoms with Gasteiger partial charge in [-0.3, -0.25) is 9.59 Å². The van der Waals surface area contributed by atoms with Crippen molar-refractivity contribution >= 4 is 17.5 Å². The predicted molar refractivity (Wildman–Crippen MR) is 105 cm³/mol. The van der Waals surface area contributed by atoms with Crippen LogP contribution in [-0.2, 0) is 4.79 Å². The summed E-state index contributed by atoms with van der Waals surface area (Å²) in [5.41, 5.74) is 2.26. The zero-order valence-corrected chi connectivity index (χ0v) is 15.7. The second-order valence-electron chi connectivity index (χ2n) is 6.98. The van der Waals surface area contributed by atoms with Crippen molar-refractivity contribution in [3.05, 3.63) is 101 Å². The van der Waals surface area contributed by atoms with Crippen LogP contribution in [0.2, 0.25) is 0 Å². The molecule has 146 valence electrons. The van der Waals surface area contributed by atoms with Crippen LogP contribution in [0.15, 0.2) is 66.7 Å². The van der Waals surface area contributed by atoms with E-state index >= 15 is 0 Å². The molecule has 1 atom stereocenters. The fourth-order valence-corrected chi connectivity index (χ4v) is 3.66. The molecule has 2 amide bonds. The van der Waals surface area contributed by atoms with Gasteiger partial charge in [0.2, 0.25) is 5.91 Å². The lowest BCUT2D eigenvalue weighted by Gasteiger charge is -2.31. The van der Waals surface area contributed by atoms with Crippen molar-refractivity contribution in [2.75, 3.05) is 11.9 Å². The van der Waals surface area contributed by atoms with Gasteiger partial charge in [0, 0.05) is 11.3 Å². The molecule has 0 fully saturated rings. The van der Waals surface area contributed by atoms with E-state index in [4.69, 9.17) is 0 Å². The van der Waals surface area contributed by atoms with Crippen molar-refractivity contribution in [1.29, 1.82) is 0 Å². The van der Waals surface area contributed by atoms with Crippen LogP contribution >= 0.6 is 0 Å². The van der Waals surface area contributed by atoms with Gasteiger partial charge in [0.1, 0.15) is 23.7 Å². The molecule has 4 rings (SSSR count). The number of amides is 2. The van der Waals surface area contributed by atoms with Gasteiger partial charge < -0.3 is 10.2 Å². The lowest BCUT2D eigenvalue weighted by Crippen LogP contribution is -2.39. The molecule has 0 radical (unpaired) electrons. The van der Waals surface area contributed by atoms with Crippen molar-refractivity contribution in [3.63, 3.8) is 0 Å². The first-order valence-corrected chi connectivity index (χ1v) is 9.16. The summed E-state index contributed by atoms with van der Waals surface area (Å²) in [5.74, 6) is -3.23. The molecule has 3 aromatic rings. The van der Waals surface area contributed by atoms with Gasteiger partial charge in [0.05, 0.1) is 6.04 Å². The normalized spacial score (nSPS) is 16.0. The molecule has 0 unspecified atom stereocenters. The zero-order chi connectivity index (χ0) is 20.5. The molecule has 1 aliphatic heterocycles. The summed E-state index contributed by atoms with van der Waals surface area (Å²) in [5, 5.41) is 2.79. The number of hydrogen-bond donors (Lipinski definition) is 1. The third kappa shape index (κ3) is 3.49. The van der Waals surface area contributed by atoms with Crippen LogP contribution in [0.5, 0.6) is 0 Å². The van der Waals surface area contributed by atoms with Crippen LogP contribution in [0.1, 0.15) is 33.1 Å². The van der Waals surface area contributed by atoms with Gasteiger partial charge in [-0.05, 0) is 30.7 Å². The lowest BCUT2D eigenvalue weighted by atomic mass is 9.94. The zero-order valence-electron chi connectivity index (χ0n) is 15.7. The average molecular weight is 392 g/mol. The number of hydrogen-bond acceptors (Lipinski definition) is 2. The summed E-state index contributed by atoms with van der Waals surface area (Å²) in [4.78, 5) is 27.0. The van der Waals surface area contributed by atoms with E-state index in [9.17, 15) is 18.4 Å².